The van der Waals surface area contributed by atoms with Crippen LogP contribution in [-0.4, -0.2) is 139 Å². The predicted molar refractivity (Wildman–Crippen MR) is 229 cm³/mol. The van der Waals surface area contributed by atoms with Crippen LogP contribution in [0.2, 0.25) is 0 Å². The lowest BCUT2D eigenvalue weighted by Gasteiger charge is -2.27. The molecule has 8 rings (SSSR count). The Labute approximate surface area is 339 Å². The van der Waals surface area contributed by atoms with E-state index in [9.17, 15) is 19.5 Å². The smallest absolute Gasteiger partial charge is 0.263 e. The third-order valence-corrected chi connectivity index (χ3v) is 12.7. The largest absolute Gasteiger partial charge is 0.494 e. The van der Waals surface area contributed by atoms with Crippen molar-refractivity contribution in [1.29, 1.82) is 0 Å². The number of hydrogen-bond acceptors (Lipinski definition) is 11. The summed E-state index contributed by atoms with van der Waals surface area (Å²) in [6, 6.07) is 11.9. The number of ether oxygens (including phenoxy) is 2. The minimum Gasteiger partial charge on any atom is -0.494 e. The summed E-state index contributed by atoms with van der Waals surface area (Å²) in [5.41, 5.74) is 2.26. The minimum atomic E-state index is -0.389. The first-order valence-corrected chi connectivity index (χ1v) is 21.6. The van der Waals surface area contributed by atoms with E-state index in [2.05, 4.69) is 45.6 Å². The van der Waals surface area contributed by atoms with Crippen molar-refractivity contribution >= 4 is 21.5 Å². The van der Waals surface area contributed by atoms with Crippen molar-refractivity contribution in [3.63, 3.8) is 0 Å². The lowest BCUT2D eigenvalue weighted by molar-refractivity contribution is 0.0368. The Kier molecular flexibility index (Phi) is 12.8. The quantitative estimate of drug-likeness (QED) is 0.149. The molecule has 0 saturated carbocycles. The number of aromatic nitrogens is 2. The summed E-state index contributed by atoms with van der Waals surface area (Å²) in [5, 5.41) is 14.2. The van der Waals surface area contributed by atoms with Crippen LogP contribution >= 0.6 is 0 Å². The second-order valence-corrected chi connectivity index (χ2v) is 16.2. The molecule has 5 heterocycles. The van der Waals surface area contributed by atoms with Gasteiger partial charge in [0.15, 0.2) is 0 Å². The molecule has 0 unspecified atom stereocenters. The van der Waals surface area contributed by atoms with Gasteiger partial charge in [0.25, 0.3) is 16.7 Å². The van der Waals surface area contributed by atoms with Crippen molar-refractivity contribution in [2.24, 2.45) is 4.99 Å². The van der Waals surface area contributed by atoms with Gasteiger partial charge in [-0.15, -0.1) is 0 Å². The van der Waals surface area contributed by atoms with Crippen LogP contribution in [-0.2, 0) is 29.1 Å². The molecular weight excluding hydrogens is 735 g/mol. The Bertz CT molecular complexity index is 2370. The normalized spacial score (nSPS) is 17.9. The van der Waals surface area contributed by atoms with Crippen LogP contribution in [0.1, 0.15) is 45.1 Å². The summed E-state index contributed by atoms with van der Waals surface area (Å²) in [5.74, 6) is -0.154. The van der Waals surface area contributed by atoms with E-state index in [4.69, 9.17) is 14.5 Å². The van der Waals surface area contributed by atoms with Gasteiger partial charge in [-0.2, -0.15) is 0 Å². The lowest BCUT2D eigenvalue weighted by Crippen LogP contribution is -2.40. The van der Waals surface area contributed by atoms with Crippen LogP contribution in [0.25, 0.3) is 43.8 Å². The van der Waals surface area contributed by atoms with Crippen LogP contribution < -0.4 is 22.0 Å². The molecule has 0 radical (unpaired) electrons. The predicted octanol–water partition coefficient (Wildman–Crippen LogP) is 3.31. The zero-order valence-corrected chi connectivity index (χ0v) is 34.3. The Morgan fingerprint density at radius 2 is 1.24 bits per heavy atom. The minimum absolute atomic E-state index is 0.154. The zero-order valence-electron chi connectivity index (χ0n) is 34.3. The highest BCUT2D eigenvalue weighted by Crippen LogP contribution is 2.42. The molecule has 2 aromatic carbocycles. The van der Waals surface area contributed by atoms with Crippen LogP contribution in [0.3, 0.4) is 0 Å². The van der Waals surface area contributed by atoms with Gasteiger partial charge in [0.2, 0.25) is 5.88 Å². The second kappa shape index (κ2) is 18.4. The van der Waals surface area contributed by atoms with Gasteiger partial charge in [-0.3, -0.25) is 43.2 Å². The molecule has 0 bridgehead atoms. The van der Waals surface area contributed by atoms with E-state index in [0.717, 1.165) is 103 Å². The summed E-state index contributed by atoms with van der Waals surface area (Å²) in [6.07, 6.45) is 3.61. The van der Waals surface area contributed by atoms with Gasteiger partial charge in [0.05, 0.1) is 54.7 Å². The van der Waals surface area contributed by atoms with Gasteiger partial charge in [-0.05, 0) is 80.7 Å². The molecule has 0 atom stereocenters. The number of aromatic hydroxyl groups is 1. The standard InChI is InChI=1S/C45H59N7O6/c1-3-47(4-2)31-32-9-11-33(12-10-32)34-29-35-39-38-36(43(54)51(44(55)40(34)38)18-7-16-49-21-25-57-26-22-49)30-37(46-13-20-48-14-5-6-15-48)41(39)45(56)52(42(35)53)19-8-17-50-23-27-58-28-24-50/h9-12,29-30,53H,3-8,13-28,31H2,1-2H3. The first-order valence-electron chi connectivity index (χ1n) is 21.6. The van der Waals surface area contributed by atoms with Gasteiger partial charge in [0.1, 0.15) is 0 Å². The van der Waals surface area contributed by atoms with Gasteiger partial charge < -0.3 is 19.5 Å². The fourth-order valence-corrected chi connectivity index (χ4v) is 9.28. The SMILES string of the molecule is CCN(CC)Cc1ccc(-c2cc3c(O)n(CCCN4CCOCC4)c(=O)c4c(=NCCN5CCCC5)cc5c(=O)n(CCCN6CCOCC6)c(=O)c2c-5c34)cc1. The lowest BCUT2D eigenvalue weighted by atomic mass is 9.86. The molecule has 1 N–H and O–H groups in total. The Hall–Kier alpha value is -4.24. The fraction of sp³-hybridized carbons (Fsp3) is 0.556. The molecular formula is C45H59N7O6. The summed E-state index contributed by atoms with van der Waals surface area (Å²) in [4.78, 5) is 58.7. The molecule has 3 saturated heterocycles. The highest BCUT2D eigenvalue weighted by Gasteiger charge is 2.30. The summed E-state index contributed by atoms with van der Waals surface area (Å²) < 4.78 is 13.9. The first-order chi connectivity index (χ1) is 28.4. The van der Waals surface area contributed by atoms with Gasteiger partial charge >= 0.3 is 0 Å². The highest BCUT2D eigenvalue weighted by molar-refractivity contribution is 6.19. The second-order valence-electron chi connectivity index (χ2n) is 16.2. The van der Waals surface area contributed by atoms with E-state index < -0.39 is 0 Å². The van der Waals surface area contributed by atoms with Crippen LogP contribution in [0.15, 0.2) is 55.8 Å². The van der Waals surface area contributed by atoms with Crippen molar-refractivity contribution in [1.82, 2.24) is 28.7 Å². The van der Waals surface area contributed by atoms with E-state index in [1.54, 1.807) is 6.07 Å². The van der Waals surface area contributed by atoms with Crippen LogP contribution in [0.5, 0.6) is 5.88 Å². The maximum atomic E-state index is 14.9. The van der Waals surface area contributed by atoms with Crippen LogP contribution in [0.4, 0.5) is 0 Å². The van der Waals surface area contributed by atoms with Crippen molar-refractivity contribution in [3.05, 3.63) is 78.4 Å². The molecule has 5 aliphatic rings. The molecule has 3 aromatic rings. The van der Waals surface area contributed by atoms with E-state index in [1.807, 2.05) is 18.2 Å². The third-order valence-electron chi connectivity index (χ3n) is 12.7. The third kappa shape index (κ3) is 8.30. The molecule has 0 amide bonds. The number of morpholine rings is 2. The molecule has 13 nitrogen and oxygen atoms in total. The van der Waals surface area contributed by atoms with Crippen molar-refractivity contribution in [2.75, 3.05) is 105 Å². The van der Waals surface area contributed by atoms with Gasteiger partial charge in [-0.1, -0.05) is 38.1 Å². The molecule has 4 aliphatic heterocycles. The Morgan fingerprint density at radius 3 is 1.86 bits per heavy atom. The zero-order chi connectivity index (χ0) is 40.2. The fourth-order valence-electron chi connectivity index (χ4n) is 9.28. The number of hydrogen-bond donors (Lipinski definition) is 1. The highest BCUT2D eigenvalue weighted by atomic mass is 16.5. The molecule has 3 fully saturated rings. The number of rotatable bonds is 16. The average Bonchev–Trinajstić information content (AvgIpc) is 3.78. The maximum absolute atomic E-state index is 14.9. The topological polar surface area (TPSA) is 125 Å². The van der Waals surface area contributed by atoms with Gasteiger partial charge in [0, 0.05) is 81.8 Å². The van der Waals surface area contributed by atoms with Crippen molar-refractivity contribution in [3.8, 4) is 28.1 Å². The molecule has 1 aliphatic carbocycles. The van der Waals surface area contributed by atoms with E-state index in [-0.39, 0.29) is 29.1 Å². The Balaban J connectivity index is 1.32. The first kappa shape index (κ1) is 40.5. The number of likely N-dealkylation sites (tertiary alicyclic amines) is 1. The van der Waals surface area contributed by atoms with E-state index in [0.29, 0.717) is 96.0 Å². The van der Waals surface area contributed by atoms with Gasteiger partial charge in [-0.25, -0.2) is 0 Å². The number of nitrogens with zero attached hydrogens (tertiary/aromatic N) is 7. The van der Waals surface area contributed by atoms with Crippen LogP contribution in [0, 0.1) is 0 Å². The molecule has 1 aromatic heterocycles. The monoisotopic (exact) mass is 793 g/mol. The Morgan fingerprint density at radius 1 is 0.655 bits per heavy atom. The summed E-state index contributed by atoms with van der Waals surface area (Å²) in [6.45, 7) is 18.4. The molecule has 0 spiro atoms. The van der Waals surface area contributed by atoms with E-state index in [1.165, 1.54) is 9.13 Å². The summed E-state index contributed by atoms with van der Waals surface area (Å²) >= 11 is 0. The molecule has 310 valence electrons. The average molecular weight is 794 g/mol. The van der Waals surface area contributed by atoms with E-state index >= 15 is 0 Å². The summed E-state index contributed by atoms with van der Waals surface area (Å²) in [7, 11) is 0. The molecule has 13 heteroatoms. The number of benzene rings is 3. The number of pyridine rings is 2. The van der Waals surface area contributed by atoms with Crippen molar-refractivity contribution < 1.29 is 14.6 Å². The molecule has 58 heavy (non-hydrogen) atoms. The maximum Gasteiger partial charge on any atom is 0.263 e. The van der Waals surface area contributed by atoms with Crippen molar-refractivity contribution in [2.45, 2.75) is 59.2 Å².